The first-order valence-electron chi connectivity index (χ1n) is 7.84. The fourth-order valence-corrected chi connectivity index (χ4v) is 3.71. The van der Waals surface area contributed by atoms with Gasteiger partial charge in [-0.2, -0.15) is 5.10 Å². The van der Waals surface area contributed by atoms with E-state index < -0.39 is 0 Å². The Morgan fingerprint density at radius 2 is 2.05 bits per heavy atom. The third-order valence-electron chi connectivity index (χ3n) is 4.16. The number of hydrogen-bond acceptors (Lipinski definition) is 2. The highest BCUT2D eigenvalue weighted by Crippen LogP contribution is 2.36. The Morgan fingerprint density at radius 1 is 1.29 bits per heavy atom. The second-order valence-electron chi connectivity index (χ2n) is 5.63. The van der Waals surface area contributed by atoms with Crippen LogP contribution >= 0.6 is 15.9 Å². The molecule has 2 aromatic rings. The topological polar surface area (TPSA) is 29.9 Å². The Balaban J connectivity index is 1.94. The zero-order chi connectivity index (χ0) is 14.8. The van der Waals surface area contributed by atoms with Crippen LogP contribution in [0.5, 0.6) is 0 Å². The van der Waals surface area contributed by atoms with Gasteiger partial charge in [0.15, 0.2) is 0 Å². The summed E-state index contributed by atoms with van der Waals surface area (Å²) in [5.41, 5.74) is 3.91. The molecule has 0 fully saturated rings. The van der Waals surface area contributed by atoms with Crippen LogP contribution in [0.2, 0.25) is 0 Å². The smallest absolute Gasteiger partial charge is 0.139 e. The van der Waals surface area contributed by atoms with E-state index in [0.29, 0.717) is 6.04 Å². The van der Waals surface area contributed by atoms with Crippen molar-refractivity contribution in [2.75, 3.05) is 11.9 Å². The summed E-state index contributed by atoms with van der Waals surface area (Å²) in [5, 5.41) is 8.26. The Bertz CT molecular complexity index is 616. The Kier molecular flexibility index (Phi) is 4.34. The Morgan fingerprint density at radius 3 is 2.71 bits per heavy atom. The standard InChI is InChI=1S/C17H22BrN3/c1-3-5-12-6-8-13(9-7-12)15-10-11-19-17-16(18)14(4-2)20-21(15)17/h6-9,15,19H,3-5,10-11H2,1-2H3. The number of aryl methyl sites for hydroxylation is 2. The van der Waals surface area contributed by atoms with Crippen LogP contribution in [0.4, 0.5) is 5.82 Å². The van der Waals surface area contributed by atoms with Crippen molar-refractivity contribution < 1.29 is 0 Å². The molecule has 0 aliphatic carbocycles. The summed E-state index contributed by atoms with van der Waals surface area (Å²) in [5.74, 6) is 1.13. The van der Waals surface area contributed by atoms with E-state index in [4.69, 9.17) is 5.10 Å². The molecule has 1 aliphatic rings. The van der Waals surface area contributed by atoms with E-state index in [1.807, 2.05) is 0 Å². The maximum absolute atomic E-state index is 4.79. The van der Waals surface area contributed by atoms with Crippen molar-refractivity contribution in [3.8, 4) is 0 Å². The number of nitrogens with zero attached hydrogens (tertiary/aromatic N) is 2. The number of fused-ring (bicyclic) bond motifs is 1. The van der Waals surface area contributed by atoms with E-state index in [9.17, 15) is 0 Å². The molecule has 1 atom stereocenters. The molecule has 1 aromatic carbocycles. The third kappa shape index (κ3) is 2.73. The lowest BCUT2D eigenvalue weighted by atomic mass is 10.00. The average molecular weight is 348 g/mol. The lowest BCUT2D eigenvalue weighted by Gasteiger charge is -2.26. The second kappa shape index (κ2) is 6.22. The first-order valence-corrected chi connectivity index (χ1v) is 8.63. The van der Waals surface area contributed by atoms with Gasteiger partial charge in [-0.15, -0.1) is 0 Å². The molecule has 0 saturated heterocycles. The monoisotopic (exact) mass is 347 g/mol. The molecule has 3 rings (SSSR count). The van der Waals surface area contributed by atoms with Crippen LogP contribution in [0.3, 0.4) is 0 Å². The fraction of sp³-hybridized carbons (Fsp3) is 0.471. The highest BCUT2D eigenvalue weighted by atomic mass is 79.9. The predicted octanol–water partition coefficient (Wildman–Crippen LogP) is 4.57. The summed E-state index contributed by atoms with van der Waals surface area (Å²) in [7, 11) is 0. The van der Waals surface area contributed by atoms with Crippen LogP contribution in [-0.2, 0) is 12.8 Å². The molecule has 1 unspecified atom stereocenters. The normalized spacial score (nSPS) is 17.4. The molecule has 0 radical (unpaired) electrons. The maximum atomic E-state index is 4.79. The minimum absolute atomic E-state index is 0.341. The summed E-state index contributed by atoms with van der Waals surface area (Å²) < 4.78 is 3.28. The van der Waals surface area contributed by atoms with Crippen LogP contribution < -0.4 is 5.32 Å². The number of rotatable bonds is 4. The van der Waals surface area contributed by atoms with Crippen LogP contribution in [0.1, 0.15) is 49.6 Å². The van der Waals surface area contributed by atoms with Crippen LogP contribution in [0.15, 0.2) is 28.7 Å². The first kappa shape index (κ1) is 14.6. The molecule has 1 N–H and O–H groups in total. The van der Waals surface area contributed by atoms with Crippen molar-refractivity contribution in [1.29, 1.82) is 0 Å². The van der Waals surface area contributed by atoms with Crippen molar-refractivity contribution in [1.82, 2.24) is 9.78 Å². The number of halogens is 1. The highest BCUT2D eigenvalue weighted by molar-refractivity contribution is 9.10. The van der Waals surface area contributed by atoms with Gasteiger partial charge < -0.3 is 5.32 Å². The van der Waals surface area contributed by atoms with Gasteiger partial charge in [0.1, 0.15) is 5.82 Å². The molecule has 0 saturated carbocycles. The van der Waals surface area contributed by atoms with E-state index >= 15 is 0 Å². The molecule has 4 heteroatoms. The first-order chi connectivity index (χ1) is 10.2. The molecular weight excluding hydrogens is 326 g/mol. The van der Waals surface area contributed by atoms with Crippen molar-refractivity contribution in [2.24, 2.45) is 0 Å². The number of anilines is 1. The summed E-state index contributed by atoms with van der Waals surface area (Å²) >= 11 is 3.68. The number of benzene rings is 1. The Hall–Kier alpha value is -1.29. The van der Waals surface area contributed by atoms with Crippen molar-refractivity contribution >= 4 is 21.7 Å². The average Bonchev–Trinajstić information content (AvgIpc) is 2.85. The lowest BCUT2D eigenvalue weighted by Crippen LogP contribution is -2.24. The van der Waals surface area contributed by atoms with Gasteiger partial charge in [-0.1, -0.05) is 44.5 Å². The van der Waals surface area contributed by atoms with E-state index in [0.717, 1.165) is 41.8 Å². The van der Waals surface area contributed by atoms with Gasteiger partial charge >= 0.3 is 0 Å². The van der Waals surface area contributed by atoms with Gasteiger partial charge in [0.05, 0.1) is 16.2 Å². The number of hydrogen-bond donors (Lipinski definition) is 1. The summed E-state index contributed by atoms with van der Waals surface area (Å²) in [6.45, 7) is 5.36. The van der Waals surface area contributed by atoms with Gasteiger partial charge in [0, 0.05) is 6.54 Å². The molecule has 1 aliphatic heterocycles. The van der Waals surface area contributed by atoms with E-state index in [-0.39, 0.29) is 0 Å². The number of aromatic nitrogens is 2. The highest BCUT2D eigenvalue weighted by Gasteiger charge is 2.25. The second-order valence-corrected chi connectivity index (χ2v) is 6.42. The molecule has 3 nitrogen and oxygen atoms in total. The van der Waals surface area contributed by atoms with Crippen LogP contribution in [-0.4, -0.2) is 16.3 Å². The van der Waals surface area contributed by atoms with Crippen LogP contribution in [0.25, 0.3) is 0 Å². The molecular formula is C17H22BrN3. The van der Waals surface area contributed by atoms with Crippen molar-refractivity contribution in [3.63, 3.8) is 0 Å². The van der Waals surface area contributed by atoms with Gasteiger partial charge in [0.25, 0.3) is 0 Å². The zero-order valence-corrected chi connectivity index (χ0v) is 14.3. The molecule has 0 amide bonds. The van der Waals surface area contributed by atoms with Crippen molar-refractivity contribution in [2.45, 2.75) is 45.6 Å². The van der Waals surface area contributed by atoms with Gasteiger partial charge in [-0.3, -0.25) is 0 Å². The summed E-state index contributed by atoms with van der Waals surface area (Å²) in [6, 6.07) is 9.41. The lowest BCUT2D eigenvalue weighted by molar-refractivity contribution is 0.478. The van der Waals surface area contributed by atoms with Gasteiger partial charge in [0.2, 0.25) is 0 Å². The van der Waals surface area contributed by atoms with Gasteiger partial charge in [-0.05, 0) is 46.3 Å². The predicted molar refractivity (Wildman–Crippen MR) is 91.0 cm³/mol. The summed E-state index contributed by atoms with van der Waals surface area (Å²) in [6.07, 6.45) is 4.38. The number of nitrogens with one attached hydrogen (secondary N) is 1. The molecule has 1 aromatic heterocycles. The zero-order valence-electron chi connectivity index (χ0n) is 12.7. The molecule has 0 bridgehead atoms. The van der Waals surface area contributed by atoms with E-state index in [2.05, 4.69) is 64.0 Å². The fourth-order valence-electron chi connectivity index (χ4n) is 3.02. The van der Waals surface area contributed by atoms with Crippen molar-refractivity contribution in [3.05, 3.63) is 45.6 Å². The van der Waals surface area contributed by atoms with E-state index in [1.54, 1.807) is 0 Å². The molecule has 2 heterocycles. The molecule has 112 valence electrons. The van der Waals surface area contributed by atoms with Crippen LogP contribution in [0, 0.1) is 0 Å². The SMILES string of the molecule is CCCc1ccc(C2CCNc3c(Br)c(CC)nn32)cc1. The van der Waals surface area contributed by atoms with E-state index in [1.165, 1.54) is 17.5 Å². The Labute approximate surface area is 134 Å². The largest absolute Gasteiger partial charge is 0.369 e. The summed E-state index contributed by atoms with van der Waals surface area (Å²) in [4.78, 5) is 0. The maximum Gasteiger partial charge on any atom is 0.139 e. The third-order valence-corrected chi connectivity index (χ3v) is 5.00. The minimum Gasteiger partial charge on any atom is -0.369 e. The quantitative estimate of drug-likeness (QED) is 0.877. The van der Waals surface area contributed by atoms with Gasteiger partial charge in [-0.25, -0.2) is 4.68 Å². The molecule has 21 heavy (non-hydrogen) atoms. The molecule has 0 spiro atoms. The minimum atomic E-state index is 0.341.